The zero-order valence-electron chi connectivity index (χ0n) is 14.8. The van der Waals surface area contributed by atoms with Crippen LogP contribution in [0.25, 0.3) is 11.3 Å². The van der Waals surface area contributed by atoms with E-state index in [0.29, 0.717) is 11.2 Å². The van der Waals surface area contributed by atoms with E-state index in [-0.39, 0.29) is 18.0 Å². The summed E-state index contributed by atoms with van der Waals surface area (Å²) in [5.41, 5.74) is 5.28. The maximum absolute atomic E-state index is 13.4. The van der Waals surface area contributed by atoms with E-state index in [9.17, 15) is 4.79 Å². The average molecular weight is 359 g/mol. The Bertz CT molecular complexity index is 1220. The summed E-state index contributed by atoms with van der Waals surface area (Å²) < 4.78 is 3.60. The molecule has 1 amide bonds. The van der Waals surface area contributed by atoms with Crippen LogP contribution in [-0.2, 0) is 6.42 Å². The number of nitrogens with zero attached hydrogens (tertiary/aromatic N) is 7. The molecule has 0 aromatic carbocycles. The van der Waals surface area contributed by atoms with E-state index in [1.807, 2.05) is 28.6 Å². The van der Waals surface area contributed by atoms with Crippen molar-refractivity contribution in [2.24, 2.45) is 0 Å². The van der Waals surface area contributed by atoms with Crippen molar-refractivity contribution in [1.29, 1.82) is 0 Å². The molecule has 0 N–H and O–H groups in total. The third-order valence-corrected chi connectivity index (χ3v) is 5.77. The first-order chi connectivity index (χ1) is 13.2. The molecule has 6 rings (SSSR count). The molecule has 0 aliphatic carbocycles. The molecule has 1 fully saturated rings. The molecule has 4 aromatic heterocycles. The highest BCUT2D eigenvalue weighted by molar-refractivity contribution is 6.00. The largest absolute Gasteiger partial charge is 0.328 e. The summed E-state index contributed by atoms with van der Waals surface area (Å²) in [4.78, 5) is 24.3. The second kappa shape index (κ2) is 5.12. The van der Waals surface area contributed by atoms with E-state index in [1.54, 1.807) is 29.2 Å². The summed E-state index contributed by atoms with van der Waals surface area (Å²) >= 11 is 0. The first-order valence-corrected chi connectivity index (χ1v) is 9.16. The molecule has 0 unspecified atom stereocenters. The molecule has 2 aliphatic heterocycles. The zero-order valence-corrected chi connectivity index (χ0v) is 14.8. The second-order valence-corrected chi connectivity index (χ2v) is 7.33. The molecule has 8 nitrogen and oxygen atoms in total. The Balaban J connectivity index is 1.46. The van der Waals surface area contributed by atoms with Gasteiger partial charge in [0, 0.05) is 42.7 Å². The van der Waals surface area contributed by atoms with Crippen molar-refractivity contribution < 1.29 is 4.79 Å². The fourth-order valence-electron chi connectivity index (χ4n) is 4.63. The van der Waals surface area contributed by atoms with Crippen molar-refractivity contribution in [3.05, 3.63) is 59.4 Å². The monoisotopic (exact) mass is 359 g/mol. The van der Waals surface area contributed by atoms with Crippen LogP contribution < -0.4 is 0 Å². The van der Waals surface area contributed by atoms with Crippen LogP contribution in [0.3, 0.4) is 0 Å². The van der Waals surface area contributed by atoms with Crippen molar-refractivity contribution in [2.75, 3.05) is 0 Å². The summed E-state index contributed by atoms with van der Waals surface area (Å²) in [5.74, 6) is -0.00130. The van der Waals surface area contributed by atoms with E-state index in [2.05, 4.69) is 20.2 Å². The van der Waals surface area contributed by atoms with Crippen molar-refractivity contribution in [3.63, 3.8) is 0 Å². The van der Waals surface area contributed by atoms with E-state index in [4.69, 9.17) is 0 Å². The molecule has 0 radical (unpaired) electrons. The fourth-order valence-corrected chi connectivity index (χ4v) is 4.63. The molecule has 6 heterocycles. The lowest BCUT2D eigenvalue weighted by molar-refractivity contribution is 0.0644. The minimum atomic E-state index is -0.00130. The smallest absolute Gasteiger partial charge is 0.260 e. The molecule has 2 aliphatic rings. The van der Waals surface area contributed by atoms with E-state index >= 15 is 0 Å². The maximum Gasteiger partial charge on any atom is 0.260 e. The first-order valence-electron chi connectivity index (χ1n) is 9.16. The fraction of sp³-hybridized carbons (Fsp3) is 0.316. The lowest BCUT2D eigenvalue weighted by atomic mass is 9.98. The highest BCUT2D eigenvalue weighted by atomic mass is 16.2. The predicted molar refractivity (Wildman–Crippen MR) is 96.3 cm³/mol. The van der Waals surface area contributed by atoms with Gasteiger partial charge in [0.05, 0.1) is 23.6 Å². The zero-order chi connectivity index (χ0) is 18.1. The summed E-state index contributed by atoms with van der Waals surface area (Å²) in [5, 5.41) is 8.88. The number of aryl methyl sites for hydroxylation is 1. The van der Waals surface area contributed by atoms with Crippen molar-refractivity contribution in [1.82, 2.24) is 34.1 Å². The van der Waals surface area contributed by atoms with E-state index < -0.39 is 0 Å². The lowest BCUT2D eigenvalue weighted by Gasteiger charge is -2.36. The molecular formula is C19H17N7O. The molecule has 2 bridgehead atoms. The minimum absolute atomic E-state index is 0.00130. The van der Waals surface area contributed by atoms with Gasteiger partial charge in [0.25, 0.3) is 5.91 Å². The lowest BCUT2D eigenvalue weighted by Crippen LogP contribution is -2.42. The topological polar surface area (TPSA) is 80.7 Å². The van der Waals surface area contributed by atoms with Gasteiger partial charge in [0.2, 0.25) is 0 Å². The summed E-state index contributed by atoms with van der Waals surface area (Å²) in [6, 6.07) is 4.00. The number of fused-ring (bicyclic) bond motifs is 7. The molecule has 27 heavy (non-hydrogen) atoms. The molecule has 8 heteroatoms. The van der Waals surface area contributed by atoms with Crippen LogP contribution in [0.4, 0.5) is 0 Å². The van der Waals surface area contributed by atoms with Gasteiger partial charge < -0.3 is 4.90 Å². The Morgan fingerprint density at radius 3 is 3.07 bits per heavy atom. The van der Waals surface area contributed by atoms with E-state index in [1.165, 1.54) is 5.69 Å². The van der Waals surface area contributed by atoms with Gasteiger partial charge in [-0.25, -0.2) is 19.0 Å². The van der Waals surface area contributed by atoms with Crippen molar-refractivity contribution in [2.45, 2.75) is 38.3 Å². The molecule has 2 atom stereocenters. The van der Waals surface area contributed by atoms with E-state index in [0.717, 1.165) is 36.2 Å². The van der Waals surface area contributed by atoms with Crippen LogP contribution in [0, 0.1) is 6.92 Å². The Morgan fingerprint density at radius 2 is 2.15 bits per heavy atom. The number of rotatable bonds is 1. The standard InChI is InChI=1S/C19H17N7O/c1-11-7-17-21-9-13-15-4-3-12(8-16(13)26(17)23-11)25(15)19(27)14-10-22-24-6-2-5-20-18(14)24/h2,5-7,9-10,12,15H,3-4,8H2,1H3/t12-,15+/m0/s1. The SMILES string of the molecule is Cc1cc2ncc3c(n2n1)C[C@@H]1CC[C@H]3N1C(=O)c1cnn2cccnc12. The van der Waals surface area contributed by atoms with Gasteiger partial charge in [-0.15, -0.1) is 0 Å². The molecule has 0 saturated carbocycles. The number of amides is 1. The van der Waals surface area contributed by atoms with Crippen LogP contribution in [0.1, 0.15) is 46.2 Å². The Kier molecular flexibility index (Phi) is 2.81. The van der Waals surface area contributed by atoms with Crippen LogP contribution in [-0.4, -0.2) is 46.0 Å². The Hall–Kier alpha value is -3.29. The normalized spacial score (nSPS) is 21.1. The predicted octanol–water partition coefficient (Wildman–Crippen LogP) is 1.98. The van der Waals surface area contributed by atoms with Crippen LogP contribution in [0.2, 0.25) is 0 Å². The molecular weight excluding hydrogens is 342 g/mol. The molecule has 0 spiro atoms. The highest BCUT2D eigenvalue weighted by Crippen LogP contribution is 2.44. The van der Waals surface area contributed by atoms with Gasteiger partial charge in [0.1, 0.15) is 5.56 Å². The van der Waals surface area contributed by atoms with Crippen LogP contribution >= 0.6 is 0 Å². The second-order valence-electron chi connectivity index (χ2n) is 7.33. The Morgan fingerprint density at radius 1 is 1.22 bits per heavy atom. The number of aromatic nitrogens is 6. The van der Waals surface area contributed by atoms with Gasteiger partial charge in [-0.2, -0.15) is 10.2 Å². The molecule has 4 aromatic rings. The summed E-state index contributed by atoms with van der Waals surface area (Å²) in [6.07, 6.45) is 9.77. The number of hydrogen-bond donors (Lipinski definition) is 0. The summed E-state index contributed by atoms with van der Waals surface area (Å²) in [6.45, 7) is 1.98. The average Bonchev–Trinajstić information content (AvgIpc) is 3.35. The third-order valence-electron chi connectivity index (χ3n) is 5.77. The summed E-state index contributed by atoms with van der Waals surface area (Å²) in [7, 11) is 0. The van der Waals surface area contributed by atoms with Gasteiger partial charge in [-0.1, -0.05) is 0 Å². The maximum atomic E-state index is 13.4. The number of hydrogen-bond acceptors (Lipinski definition) is 5. The quantitative estimate of drug-likeness (QED) is 0.519. The van der Waals surface area contributed by atoms with Crippen molar-refractivity contribution in [3.8, 4) is 0 Å². The molecule has 134 valence electrons. The minimum Gasteiger partial charge on any atom is -0.328 e. The molecule has 1 saturated heterocycles. The Labute approximate surface area is 154 Å². The van der Waals surface area contributed by atoms with Crippen LogP contribution in [0.15, 0.2) is 36.9 Å². The highest BCUT2D eigenvalue weighted by Gasteiger charge is 2.44. The van der Waals surface area contributed by atoms with Gasteiger partial charge in [-0.05, 0) is 25.8 Å². The van der Waals surface area contributed by atoms with Crippen LogP contribution in [0.5, 0.6) is 0 Å². The van der Waals surface area contributed by atoms with Gasteiger partial charge >= 0.3 is 0 Å². The van der Waals surface area contributed by atoms with Gasteiger partial charge in [0.15, 0.2) is 11.3 Å². The first kappa shape index (κ1) is 14.8. The van der Waals surface area contributed by atoms with Crippen molar-refractivity contribution >= 4 is 17.2 Å². The number of carbonyl (C=O) groups excluding carboxylic acids is 1. The number of carbonyl (C=O) groups is 1. The van der Waals surface area contributed by atoms with Gasteiger partial charge in [-0.3, -0.25) is 4.79 Å². The third kappa shape index (κ3) is 1.95.